The average molecular weight is 460 g/mol. The van der Waals surface area contributed by atoms with Crippen molar-refractivity contribution >= 4 is 23.4 Å². The summed E-state index contributed by atoms with van der Waals surface area (Å²) < 4.78 is 6.38. The van der Waals surface area contributed by atoms with E-state index in [-0.39, 0.29) is 5.91 Å². The highest BCUT2D eigenvalue weighted by Gasteiger charge is 2.35. The van der Waals surface area contributed by atoms with Gasteiger partial charge in [0.2, 0.25) is 23.2 Å². The number of rotatable bonds is 5. The van der Waals surface area contributed by atoms with Crippen molar-refractivity contribution in [2.75, 3.05) is 10.7 Å². The van der Waals surface area contributed by atoms with Gasteiger partial charge in [-0.25, -0.2) is 0 Å². The zero-order valence-electron chi connectivity index (χ0n) is 19.1. The van der Waals surface area contributed by atoms with Crippen molar-refractivity contribution in [2.45, 2.75) is 45.5 Å². The van der Waals surface area contributed by atoms with E-state index in [9.17, 15) is 10.1 Å². The maximum absolute atomic E-state index is 12.9. The first-order valence-corrected chi connectivity index (χ1v) is 11.8. The van der Waals surface area contributed by atoms with Gasteiger partial charge in [-0.2, -0.15) is 10.2 Å². The molecule has 0 fully saturated rings. The highest BCUT2D eigenvalue weighted by Crippen LogP contribution is 2.44. The SMILES string of the molecule is CC(=O)N1c2ccc(C)cc2-c2nnc(SCCC(C)C)nc2O[C@H]1c1ccccc1C#N. The van der Waals surface area contributed by atoms with Crippen LogP contribution in [0.25, 0.3) is 11.3 Å². The lowest BCUT2D eigenvalue weighted by Gasteiger charge is -2.30. The molecular formula is C25H25N5O2S. The maximum Gasteiger partial charge on any atom is 0.247 e. The number of hydrogen-bond donors (Lipinski definition) is 0. The van der Waals surface area contributed by atoms with Gasteiger partial charge in [0, 0.05) is 23.8 Å². The number of nitriles is 1. The Kier molecular flexibility index (Phi) is 6.61. The van der Waals surface area contributed by atoms with Crippen molar-refractivity contribution in [2.24, 2.45) is 5.92 Å². The number of amides is 1. The second kappa shape index (κ2) is 9.59. The lowest BCUT2D eigenvalue weighted by atomic mass is 10.0. The molecule has 7 nitrogen and oxygen atoms in total. The summed E-state index contributed by atoms with van der Waals surface area (Å²) in [6.07, 6.45) is 0.163. The van der Waals surface area contributed by atoms with Crippen LogP contribution in [0.1, 0.15) is 50.1 Å². The molecule has 1 atom stereocenters. The second-order valence-corrected chi connectivity index (χ2v) is 9.42. The van der Waals surface area contributed by atoms with E-state index in [2.05, 4.69) is 35.1 Å². The minimum atomic E-state index is -0.869. The van der Waals surface area contributed by atoms with Crippen molar-refractivity contribution < 1.29 is 9.53 Å². The van der Waals surface area contributed by atoms with Gasteiger partial charge in [0.25, 0.3) is 0 Å². The van der Waals surface area contributed by atoms with Crippen LogP contribution in [0.5, 0.6) is 5.88 Å². The fourth-order valence-electron chi connectivity index (χ4n) is 3.68. The lowest BCUT2D eigenvalue weighted by Crippen LogP contribution is -2.36. The van der Waals surface area contributed by atoms with E-state index in [1.165, 1.54) is 18.7 Å². The number of ether oxygens (including phenoxy) is 1. The van der Waals surface area contributed by atoms with Crippen LogP contribution in [0.3, 0.4) is 0 Å². The molecule has 0 unspecified atom stereocenters. The molecule has 1 amide bonds. The number of anilines is 1. The van der Waals surface area contributed by atoms with E-state index in [1.807, 2.05) is 31.2 Å². The van der Waals surface area contributed by atoms with Crippen LogP contribution in [-0.2, 0) is 4.79 Å². The van der Waals surface area contributed by atoms with Gasteiger partial charge in [-0.15, -0.1) is 10.2 Å². The molecule has 0 spiro atoms. The topological polar surface area (TPSA) is 92.0 Å². The Labute approximate surface area is 197 Å². The number of thioether (sulfide) groups is 1. The predicted octanol–water partition coefficient (Wildman–Crippen LogP) is 5.30. The van der Waals surface area contributed by atoms with E-state index in [4.69, 9.17) is 4.74 Å². The van der Waals surface area contributed by atoms with Gasteiger partial charge in [0.15, 0.2) is 5.69 Å². The first-order chi connectivity index (χ1) is 15.9. The maximum atomic E-state index is 12.9. The number of aryl methyl sites for hydroxylation is 1. The van der Waals surface area contributed by atoms with Crippen LogP contribution < -0.4 is 9.64 Å². The largest absolute Gasteiger partial charge is 0.447 e. The molecule has 0 bridgehead atoms. The van der Waals surface area contributed by atoms with Crippen molar-refractivity contribution in [3.05, 3.63) is 59.2 Å². The number of fused-ring (bicyclic) bond motifs is 3. The van der Waals surface area contributed by atoms with Gasteiger partial charge >= 0.3 is 0 Å². The van der Waals surface area contributed by atoms with Gasteiger partial charge in [0.05, 0.1) is 17.3 Å². The summed E-state index contributed by atoms with van der Waals surface area (Å²) >= 11 is 1.53. The first-order valence-electron chi connectivity index (χ1n) is 10.8. The average Bonchev–Trinajstić information content (AvgIpc) is 2.92. The number of carbonyl (C=O) groups is 1. The highest BCUT2D eigenvalue weighted by atomic mass is 32.2. The monoisotopic (exact) mass is 459 g/mol. The first kappa shape index (κ1) is 22.7. The molecule has 4 rings (SSSR count). The van der Waals surface area contributed by atoms with Crippen molar-refractivity contribution in [1.82, 2.24) is 15.2 Å². The molecule has 1 aromatic heterocycles. The van der Waals surface area contributed by atoms with Crippen molar-refractivity contribution in [3.63, 3.8) is 0 Å². The fraction of sp³-hybridized carbons (Fsp3) is 0.320. The van der Waals surface area contributed by atoms with E-state index in [0.29, 0.717) is 39.5 Å². The molecule has 0 N–H and O–H groups in total. The molecule has 1 aliphatic heterocycles. The van der Waals surface area contributed by atoms with Crippen LogP contribution in [0, 0.1) is 24.2 Å². The Morgan fingerprint density at radius 2 is 2.03 bits per heavy atom. The van der Waals surface area contributed by atoms with Gasteiger partial charge in [-0.05, 0) is 37.5 Å². The molecule has 8 heteroatoms. The Morgan fingerprint density at radius 1 is 1.24 bits per heavy atom. The Morgan fingerprint density at radius 3 is 2.76 bits per heavy atom. The molecule has 0 radical (unpaired) electrons. The minimum Gasteiger partial charge on any atom is -0.447 e. The molecule has 0 saturated heterocycles. The molecule has 0 aliphatic carbocycles. The van der Waals surface area contributed by atoms with Gasteiger partial charge in [-0.3, -0.25) is 9.69 Å². The molecule has 3 aromatic rings. The Balaban J connectivity index is 1.88. The van der Waals surface area contributed by atoms with Gasteiger partial charge in [0.1, 0.15) is 0 Å². The third-order valence-corrected chi connectivity index (χ3v) is 6.24. The van der Waals surface area contributed by atoms with Crippen LogP contribution in [0.2, 0.25) is 0 Å². The fourth-order valence-corrected chi connectivity index (χ4v) is 4.70. The van der Waals surface area contributed by atoms with Crippen LogP contribution >= 0.6 is 11.8 Å². The molecule has 2 heterocycles. The summed E-state index contributed by atoms with van der Waals surface area (Å²) in [5.74, 6) is 1.53. The number of carbonyl (C=O) groups excluding carboxylic acids is 1. The number of nitrogens with zero attached hydrogens (tertiary/aromatic N) is 5. The van der Waals surface area contributed by atoms with E-state index >= 15 is 0 Å². The molecule has 2 aromatic carbocycles. The van der Waals surface area contributed by atoms with E-state index in [0.717, 1.165) is 23.3 Å². The van der Waals surface area contributed by atoms with E-state index < -0.39 is 6.23 Å². The van der Waals surface area contributed by atoms with Gasteiger partial charge < -0.3 is 4.74 Å². The number of hydrogen-bond acceptors (Lipinski definition) is 7. The zero-order valence-corrected chi connectivity index (χ0v) is 19.9. The third-order valence-electron chi connectivity index (χ3n) is 5.37. The molecule has 168 valence electrons. The standard InChI is InChI=1S/C25H25N5O2S/c1-15(2)11-12-33-25-27-23-22(28-29-25)20-13-16(3)9-10-21(20)30(17(4)31)24(32-23)19-8-6-5-7-18(19)14-26/h5-10,13,15,24H,11-12H2,1-4H3/t24-/m0/s1. The molecular weight excluding hydrogens is 434 g/mol. The molecule has 1 aliphatic rings. The second-order valence-electron chi connectivity index (χ2n) is 8.36. The molecule has 33 heavy (non-hydrogen) atoms. The lowest BCUT2D eigenvalue weighted by molar-refractivity contribution is -0.118. The van der Waals surface area contributed by atoms with E-state index in [1.54, 1.807) is 23.1 Å². The van der Waals surface area contributed by atoms with Crippen LogP contribution in [0.4, 0.5) is 5.69 Å². The number of aromatic nitrogens is 3. The zero-order chi connectivity index (χ0) is 23.5. The van der Waals surface area contributed by atoms with Gasteiger partial charge in [-0.1, -0.05) is 55.4 Å². The smallest absolute Gasteiger partial charge is 0.247 e. The third kappa shape index (κ3) is 4.69. The highest BCUT2D eigenvalue weighted by molar-refractivity contribution is 7.99. The van der Waals surface area contributed by atoms with Crippen molar-refractivity contribution in [3.8, 4) is 23.2 Å². The number of benzene rings is 2. The normalized spacial score (nSPS) is 14.7. The van der Waals surface area contributed by atoms with Crippen LogP contribution in [0.15, 0.2) is 47.6 Å². The van der Waals surface area contributed by atoms with Crippen LogP contribution in [-0.4, -0.2) is 26.8 Å². The summed E-state index contributed by atoms with van der Waals surface area (Å²) in [6.45, 7) is 7.81. The quantitative estimate of drug-likeness (QED) is 0.478. The Hall–Kier alpha value is -3.44. The predicted molar refractivity (Wildman–Crippen MR) is 128 cm³/mol. The minimum absolute atomic E-state index is 0.217. The summed E-state index contributed by atoms with van der Waals surface area (Å²) in [4.78, 5) is 19.1. The summed E-state index contributed by atoms with van der Waals surface area (Å²) in [5.41, 5.74) is 3.86. The summed E-state index contributed by atoms with van der Waals surface area (Å²) in [6, 6.07) is 15.1. The Bertz CT molecular complexity index is 1240. The summed E-state index contributed by atoms with van der Waals surface area (Å²) in [7, 11) is 0. The summed E-state index contributed by atoms with van der Waals surface area (Å²) in [5, 5.41) is 19.0. The van der Waals surface area contributed by atoms with Crippen molar-refractivity contribution in [1.29, 1.82) is 5.26 Å². The molecule has 0 saturated carbocycles.